The van der Waals surface area contributed by atoms with Crippen molar-refractivity contribution in [1.29, 1.82) is 0 Å². The van der Waals surface area contributed by atoms with Gasteiger partial charge in [-0.3, -0.25) is 4.98 Å². The number of thioether (sulfide) groups is 1. The molecule has 9 heteroatoms. The molecule has 1 saturated heterocycles. The topological polar surface area (TPSA) is 116 Å². The van der Waals surface area contributed by atoms with Crippen molar-refractivity contribution in [3.63, 3.8) is 0 Å². The Labute approximate surface area is 301 Å². The number of aliphatic hydroxyl groups excluding tert-OH is 2. The Morgan fingerprint density at radius 2 is 1.74 bits per heavy atom. The van der Waals surface area contributed by atoms with Gasteiger partial charge in [0.25, 0.3) is 0 Å². The lowest BCUT2D eigenvalue weighted by atomic mass is 10.0. The summed E-state index contributed by atoms with van der Waals surface area (Å²) in [5.74, 6) is 2.67. The van der Waals surface area contributed by atoms with E-state index >= 15 is 0 Å². The van der Waals surface area contributed by atoms with Gasteiger partial charge in [-0.15, -0.1) is 0 Å². The fourth-order valence-corrected chi connectivity index (χ4v) is 7.75. The van der Waals surface area contributed by atoms with E-state index in [1.165, 1.54) is 40.0 Å². The molecule has 6 rings (SSSR count). The van der Waals surface area contributed by atoms with Gasteiger partial charge in [-0.25, -0.2) is 4.98 Å². The Morgan fingerprint density at radius 1 is 0.980 bits per heavy atom. The molecule has 6 heterocycles. The second-order valence-electron chi connectivity index (χ2n) is 13.8. The van der Waals surface area contributed by atoms with Crippen molar-refractivity contribution in [2.75, 3.05) is 24.7 Å². The summed E-state index contributed by atoms with van der Waals surface area (Å²) in [7, 11) is 0. The predicted octanol–water partition coefficient (Wildman–Crippen LogP) is 8.75. The van der Waals surface area contributed by atoms with Crippen LogP contribution in [0.3, 0.4) is 0 Å². The molecule has 3 aromatic rings. The van der Waals surface area contributed by atoms with Gasteiger partial charge in [0, 0.05) is 57.8 Å². The van der Waals surface area contributed by atoms with Crippen molar-refractivity contribution in [2.45, 2.75) is 111 Å². The Hall–Kier alpha value is -3.21. The van der Waals surface area contributed by atoms with Gasteiger partial charge >= 0.3 is 0 Å². The molecule has 0 spiro atoms. The number of fused-ring (bicyclic) bond motifs is 8. The Balaban J connectivity index is 0.000000242. The molecular formula is C41H56N4O4S. The van der Waals surface area contributed by atoms with Crippen molar-refractivity contribution in [1.82, 2.24) is 19.9 Å². The first-order valence-corrected chi connectivity index (χ1v) is 19.4. The number of nitrogens with zero attached hydrogens (tertiary/aromatic N) is 2. The molecule has 0 saturated carbocycles. The van der Waals surface area contributed by atoms with Crippen LogP contribution in [0.25, 0.3) is 39.8 Å². The van der Waals surface area contributed by atoms with Crippen LogP contribution >= 0.6 is 11.8 Å². The van der Waals surface area contributed by atoms with Gasteiger partial charge in [-0.2, -0.15) is 11.8 Å². The van der Waals surface area contributed by atoms with Crippen molar-refractivity contribution in [3.05, 3.63) is 75.4 Å². The SMILES string of the molecule is C=Cc1c(C)c2cc3nc(c(C)c4nc(cc5[nH]c(cc1[nH]2)c(C)c5CC)C(C)=C4)CC3C.CCCSCCCOC1CC(O)CC(CO)O1. The molecule has 8 bridgehead atoms. The number of hydrogen-bond donors (Lipinski definition) is 4. The average Bonchev–Trinajstić information content (AvgIpc) is 3.82. The average molecular weight is 701 g/mol. The van der Waals surface area contributed by atoms with Crippen LogP contribution in [0.5, 0.6) is 0 Å². The van der Waals surface area contributed by atoms with Crippen molar-refractivity contribution in [2.24, 2.45) is 0 Å². The molecule has 4 unspecified atom stereocenters. The largest absolute Gasteiger partial charge is 0.394 e. The number of aliphatic hydroxyl groups is 2. The fourth-order valence-electron chi connectivity index (χ4n) is 6.93. The lowest BCUT2D eigenvalue weighted by Gasteiger charge is -2.32. The molecule has 3 aliphatic heterocycles. The van der Waals surface area contributed by atoms with Crippen LogP contribution in [-0.2, 0) is 22.3 Å². The third-order valence-electron chi connectivity index (χ3n) is 9.95. The quantitative estimate of drug-likeness (QED) is 0.156. The number of H-pyrrole nitrogens is 2. The summed E-state index contributed by atoms with van der Waals surface area (Å²) >= 11 is 1.94. The van der Waals surface area contributed by atoms with E-state index in [2.05, 4.69) is 89.3 Å². The van der Waals surface area contributed by atoms with Gasteiger partial charge in [0.05, 0.1) is 36.8 Å². The molecule has 8 nitrogen and oxygen atoms in total. The summed E-state index contributed by atoms with van der Waals surface area (Å²) in [5, 5.41) is 18.6. The summed E-state index contributed by atoms with van der Waals surface area (Å²) in [4.78, 5) is 17.4. The highest BCUT2D eigenvalue weighted by atomic mass is 32.2. The van der Waals surface area contributed by atoms with Crippen LogP contribution in [0.2, 0.25) is 0 Å². The molecule has 4 N–H and O–H groups in total. The first-order valence-electron chi connectivity index (χ1n) is 18.2. The van der Waals surface area contributed by atoms with Crippen LogP contribution in [0.15, 0.2) is 24.8 Å². The van der Waals surface area contributed by atoms with E-state index in [9.17, 15) is 5.11 Å². The van der Waals surface area contributed by atoms with Crippen LogP contribution in [0.1, 0.15) is 110 Å². The van der Waals surface area contributed by atoms with Gasteiger partial charge in [-0.05, 0) is 117 Å². The number of ether oxygens (including phenoxy) is 2. The summed E-state index contributed by atoms with van der Waals surface area (Å²) in [6, 6.07) is 6.63. The predicted molar refractivity (Wildman–Crippen MR) is 210 cm³/mol. The molecule has 0 radical (unpaired) electrons. The molecule has 270 valence electrons. The summed E-state index contributed by atoms with van der Waals surface area (Å²) in [6.45, 7) is 20.0. The Morgan fingerprint density at radius 3 is 2.46 bits per heavy atom. The first kappa shape index (κ1) is 38.0. The number of aromatic amines is 2. The number of hydrogen-bond acceptors (Lipinski definition) is 7. The highest BCUT2D eigenvalue weighted by Crippen LogP contribution is 2.32. The minimum Gasteiger partial charge on any atom is -0.394 e. The summed E-state index contributed by atoms with van der Waals surface area (Å²) < 4.78 is 11.1. The Kier molecular flexibility index (Phi) is 13.2. The number of aromatic nitrogens is 4. The molecule has 1 fully saturated rings. The van der Waals surface area contributed by atoms with Gasteiger partial charge < -0.3 is 29.7 Å². The van der Waals surface area contributed by atoms with Gasteiger partial charge in [0.2, 0.25) is 0 Å². The number of aryl methyl sites for hydroxylation is 3. The second-order valence-corrected chi connectivity index (χ2v) is 15.0. The second kappa shape index (κ2) is 17.3. The molecule has 0 aromatic carbocycles. The van der Waals surface area contributed by atoms with Crippen LogP contribution in [0, 0.1) is 20.8 Å². The third kappa shape index (κ3) is 8.80. The van der Waals surface area contributed by atoms with Crippen molar-refractivity contribution >= 4 is 51.6 Å². The molecule has 3 aromatic heterocycles. The van der Waals surface area contributed by atoms with Gasteiger partial charge in [0.15, 0.2) is 6.29 Å². The monoisotopic (exact) mass is 700 g/mol. The van der Waals surface area contributed by atoms with E-state index in [0.29, 0.717) is 25.4 Å². The van der Waals surface area contributed by atoms with E-state index in [4.69, 9.17) is 24.5 Å². The molecule has 4 atom stereocenters. The smallest absolute Gasteiger partial charge is 0.160 e. The zero-order valence-electron chi connectivity index (χ0n) is 31.0. The highest BCUT2D eigenvalue weighted by molar-refractivity contribution is 7.99. The zero-order chi connectivity index (χ0) is 35.9. The molecule has 50 heavy (non-hydrogen) atoms. The van der Waals surface area contributed by atoms with Gasteiger partial charge in [0.1, 0.15) is 0 Å². The maximum atomic E-state index is 9.58. The lowest BCUT2D eigenvalue weighted by Crippen LogP contribution is -2.39. The maximum Gasteiger partial charge on any atom is 0.160 e. The minimum atomic E-state index is -0.416. The van der Waals surface area contributed by atoms with E-state index in [0.717, 1.165) is 75.4 Å². The molecule has 0 amide bonds. The summed E-state index contributed by atoms with van der Waals surface area (Å²) in [5.41, 5.74) is 16.0. The van der Waals surface area contributed by atoms with E-state index < -0.39 is 6.10 Å². The zero-order valence-corrected chi connectivity index (χ0v) is 31.8. The van der Waals surface area contributed by atoms with Crippen molar-refractivity contribution in [3.8, 4) is 0 Å². The van der Waals surface area contributed by atoms with E-state index in [1.807, 2.05) is 17.8 Å². The fraction of sp³-hybridized carbons (Fsp3) is 0.512. The third-order valence-corrected chi connectivity index (χ3v) is 11.2. The Bertz CT molecular complexity index is 1860. The number of allylic oxidation sites excluding steroid dienone is 1. The molecular weight excluding hydrogens is 645 g/mol. The normalized spacial score (nSPS) is 20.3. The molecule has 3 aliphatic rings. The molecule has 0 aliphatic carbocycles. The van der Waals surface area contributed by atoms with Crippen LogP contribution < -0.4 is 0 Å². The highest BCUT2D eigenvalue weighted by Gasteiger charge is 2.28. The maximum absolute atomic E-state index is 9.58. The van der Waals surface area contributed by atoms with Crippen LogP contribution in [0.4, 0.5) is 0 Å². The first-order chi connectivity index (χ1) is 24.1. The lowest BCUT2D eigenvalue weighted by molar-refractivity contribution is -0.221. The number of nitrogens with one attached hydrogen (secondary N) is 2. The van der Waals surface area contributed by atoms with E-state index in [-0.39, 0.29) is 19.0 Å². The minimum absolute atomic E-state index is 0.0523. The van der Waals surface area contributed by atoms with E-state index in [1.54, 1.807) is 0 Å². The van der Waals surface area contributed by atoms with Crippen LogP contribution in [-0.4, -0.2) is 73.4 Å². The van der Waals surface area contributed by atoms with Gasteiger partial charge in [-0.1, -0.05) is 33.4 Å². The number of rotatable bonds is 10. The standard InChI is InChI=1S/C29H32N4.C12H24O4S/c1-8-20-18(6)27-14-29-21(9-2)17(5)26(32-29)12-22-15(3)10-24(30-22)19(7)25-11-16(4)23(31-25)13-28(20)33-27;1-2-5-17-6-3-4-15-12-8-10(14)7-11(9-13)16-12/h9,11-15,32-33H,2,8,10H2,1,3-7H3;10-14H,2-9H2,1H3. The van der Waals surface area contributed by atoms with Crippen molar-refractivity contribution < 1.29 is 19.7 Å². The summed E-state index contributed by atoms with van der Waals surface area (Å²) in [6.07, 6.45) is 8.22.